The van der Waals surface area contributed by atoms with Gasteiger partial charge in [-0.3, -0.25) is 4.98 Å². The van der Waals surface area contributed by atoms with E-state index in [0.717, 1.165) is 22.5 Å². The Bertz CT molecular complexity index is 530. The lowest BCUT2D eigenvalue weighted by Gasteiger charge is -2.20. The molecule has 0 fully saturated rings. The molecule has 5 heteroatoms. The van der Waals surface area contributed by atoms with Crippen LogP contribution < -0.4 is 10.6 Å². The number of hydrogen-bond donors (Lipinski definition) is 1. The van der Waals surface area contributed by atoms with Crippen LogP contribution in [0.25, 0.3) is 0 Å². The van der Waals surface area contributed by atoms with Gasteiger partial charge >= 0.3 is 0 Å². The molecule has 1 aromatic heterocycles. The van der Waals surface area contributed by atoms with Gasteiger partial charge in [-0.15, -0.1) is 0 Å². The summed E-state index contributed by atoms with van der Waals surface area (Å²) in [7, 11) is 1.99. The van der Waals surface area contributed by atoms with Crippen molar-refractivity contribution < 1.29 is 0 Å². The molecule has 1 heterocycles. The quantitative estimate of drug-likeness (QED) is 0.942. The second-order valence-electron chi connectivity index (χ2n) is 4.02. The molecular weight excluding hydrogens is 292 g/mol. The molecule has 0 aliphatic heterocycles. The van der Waals surface area contributed by atoms with Crippen molar-refractivity contribution in [2.75, 3.05) is 11.9 Å². The minimum atomic E-state index is 0.395. The Labute approximate surface area is 115 Å². The third-order valence-electron chi connectivity index (χ3n) is 2.62. The minimum absolute atomic E-state index is 0.395. The molecule has 0 bridgehead atoms. The molecule has 0 radical (unpaired) electrons. The second-order valence-corrected chi connectivity index (χ2v) is 4.93. The van der Waals surface area contributed by atoms with Crippen LogP contribution in [-0.4, -0.2) is 17.0 Å². The Kier molecular flexibility index (Phi) is 4.28. The third-order valence-corrected chi connectivity index (χ3v) is 3.11. The summed E-state index contributed by atoms with van der Waals surface area (Å²) in [6.45, 7) is 1.16. The summed E-state index contributed by atoms with van der Waals surface area (Å²) in [5.41, 5.74) is 7.69. The standard InChI is InChI=1S/C13H15BrN4/c1-18(9-10-3-2-4-11(14)7-10)13-12(8-15)16-5-6-17-13/h2-7H,8-9,15H2,1H3. The molecule has 0 saturated heterocycles. The van der Waals surface area contributed by atoms with Crippen molar-refractivity contribution in [3.05, 3.63) is 52.4 Å². The van der Waals surface area contributed by atoms with Gasteiger partial charge < -0.3 is 10.6 Å². The smallest absolute Gasteiger partial charge is 0.151 e. The number of nitrogens with two attached hydrogens (primary N) is 1. The first-order chi connectivity index (χ1) is 8.70. The zero-order chi connectivity index (χ0) is 13.0. The molecule has 0 aliphatic carbocycles. The summed E-state index contributed by atoms with van der Waals surface area (Å²) in [4.78, 5) is 10.6. The maximum absolute atomic E-state index is 5.67. The molecule has 4 nitrogen and oxygen atoms in total. The number of anilines is 1. The van der Waals surface area contributed by atoms with Crippen molar-refractivity contribution in [1.82, 2.24) is 9.97 Å². The van der Waals surface area contributed by atoms with E-state index in [0.29, 0.717) is 6.54 Å². The number of aromatic nitrogens is 2. The van der Waals surface area contributed by atoms with Crippen LogP contribution in [-0.2, 0) is 13.1 Å². The van der Waals surface area contributed by atoms with Gasteiger partial charge in [0.2, 0.25) is 0 Å². The Morgan fingerprint density at radius 2 is 2.06 bits per heavy atom. The number of nitrogens with zero attached hydrogens (tertiary/aromatic N) is 3. The molecule has 0 atom stereocenters. The molecule has 0 saturated carbocycles. The summed E-state index contributed by atoms with van der Waals surface area (Å²) in [6, 6.07) is 8.21. The Morgan fingerprint density at radius 3 is 2.78 bits per heavy atom. The largest absolute Gasteiger partial charge is 0.354 e. The Balaban J connectivity index is 2.19. The number of halogens is 1. The molecule has 1 aromatic carbocycles. The monoisotopic (exact) mass is 306 g/mol. The number of rotatable bonds is 4. The third kappa shape index (κ3) is 3.05. The summed E-state index contributed by atoms with van der Waals surface area (Å²) in [5.74, 6) is 0.833. The van der Waals surface area contributed by atoms with Crippen molar-refractivity contribution in [1.29, 1.82) is 0 Å². The highest BCUT2D eigenvalue weighted by Gasteiger charge is 2.09. The summed E-state index contributed by atoms with van der Waals surface area (Å²) < 4.78 is 1.08. The first kappa shape index (κ1) is 13.0. The van der Waals surface area contributed by atoms with Crippen LogP contribution in [0, 0.1) is 0 Å². The van der Waals surface area contributed by atoms with Crippen molar-refractivity contribution in [3.8, 4) is 0 Å². The van der Waals surface area contributed by atoms with Gasteiger partial charge in [0, 0.05) is 37.0 Å². The zero-order valence-corrected chi connectivity index (χ0v) is 11.8. The van der Waals surface area contributed by atoms with E-state index < -0.39 is 0 Å². The van der Waals surface area contributed by atoms with E-state index >= 15 is 0 Å². The normalized spacial score (nSPS) is 10.4. The van der Waals surface area contributed by atoms with Crippen LogP contribution in [0.15, 0.2) is 41.1 Å². The number of hydrogen-bond acceptors (Lipinski definition) is 4. The van der Waals surface area contributed by atoms with Crippen molar-refractivity contribution in [2.45, 2.75) is 13.1 Å². The number of benzene rings is 1. The van der Waals surface area contributed by atoms with E-state index in [1.807, 2.05) is 19.2 Å². The molecule has 94 valence electrons. The maximum Gasteiger partial charge on any atom is 0.151 e. The molecule has 0 amide bonds. The van der Waals surface area contributed by atoms with Gasteiger partial charge in [-0.05, 0) is 17.7 Å². The molecular formula is C13H15BrN4. The van der Waals surface area contributed by atoms with Crippen molar-refractivity contribution >= 4 is 21.7 Å². The van der Waals surface area contributed by atoms with Gasteiger partial charge in [0.1, 0.15) is 0 Å². The van der Waals surface area contributed by atoms with Crippen LogP contribution in [0.3, 0.4) is 0 Å². The van der Waals surface area contributed by atoms with E-state index in [2.05, 4.69) is 42.9 Å². The molecule has 0 spiro atoms. The van der Waals surface area contributed by atoms with Gasteiger partial charge in [0.15, 0.2) is 5.82 Å². The zero-order valence-electron chi connectivity index (χ0n) is 10.2. The first-order valence-corrected chi connectivity index (χ1v) is 6.45. The Hall–Kier alpha value is -1.46. The predicted molar refractivity (Wildman–Crippen MR) is 76.2 cm³/mol. The molecule has 18 heavy (non-hydrogen) atoms. The van der Waals surface area contributed by atoms with Crippen LogP contribution in [0.2, 0.25) is 0 Å². The lowest BCUT2D eigenvalue weighted by atomic mass is 10.2. The van der Waals surface area contributed by atoms with Gasteiger partial charge in [-0.2, -0.15) is 0 Å². The average molecular weight is 307 g/mol. The van der Waals surface area contributed by atoms with E-state index in [1.54, 1.807) is 12.4 Å². The molecule has 0 aliphatic rings. The van der Waals surface area contributed by atoms with Crippen LogP contribution in [0.1, 0.15) is 11.3 Å². The van der Waals surface area contributed by atoms with E-state index in [-0.39, 0.29) is 0 Å². The SMILES string of the molecule is CN(Cc1cccc(Br)c1)c1nccnc1CN. The van der Waals surface area contributed by atoms with E-state index in [9.17, 15) is 0 Å². The Morgan fingerprint density at radius 1 is 1.28 bits per heavy atom. The summed E-state index contributed by atoms with van der Waals surface area (Å²) in [5, 5.41) is 0. The van der Waals surface area contributed by atoms with Crippen molar-refractivity contribution in [3.63, 3.8) is 0 Å². The van der Waals surface area contributed by atoms with Crippen LogP contribution in [0.4, 0.5) is 5.82 Å². The van der Waals surface area contributed by atoms with Gasteiger partial charge in [-0.25, -0.2) is 4.98 Å². The molecule has 0 unspecified atom stereocenters. The van der Waals surface area contributed by atoms with E-state index in [4.69, 9.17) is 5.73 Å². The van der Waals surface area contributed by atoms with Crippen LogP contribution in [0.5, 0.6) is 0 Å². The van der Waals surface area contributed by atoms with Gasteiger partial charge in [-0.1, -0.05) is 28.1 Å². The highest BCUT2D eigenvalue weighted by atomic mass is 79.9. The fraction of sp³-hybridized carbons (Fsp3) is 0.231. The second kappa shape index (κ2) is 5.93. The lowest BCUT2D eigenvalue weighted by molar-refractivity contribution is 0.853. The predicted octanol–water partition coefficient (Wildman–Crippen LogP) is 2.33. The fourth-order valence-corrected chi connectivity index (χ4v) is 2.25. The molecule has 2 rings (SSSR count). The fourth-order valence-electron chi connectivity index (χ4n) is 1.81. The van der Waals surface area contributed by atoms with E-state index in [1.165, 1.54) is 5.56 Å². The maximum atomic E-state index is 5.67. The van der Waals surface area contributed by atoms with Gasteiger partial charge in [0.05, 0.1) is 5.69 Å². The average Bonchev–Trinajstić information content (AvgIpc) is 2.38. The van der Waals surface area contributed by atoms with Crippen LogP contribution >= 0.6 is 15.9 Å². The minimum Gasteiger partial charge on any atom is -0.354 e. The molecule has 2 aromatic rings. The lowest BCUT2D eigenvalue weighted by Crippen LogP contribution is -2.21. The highest BCUT2D eigenvalue weighted by molar-refractivity contribution is 9.10. The summed E-state index contributed by atoms with van der Waals surface area (Å²) in [6.07, 6.45) is 3.35. The highest BCUT2D eigenvalue weighted by Crippen LogP contribution is 2.17. The van der Waals surface area contributed by atoms with Crippen molar-refractivity contribution in [2.24, 2.45) is 5.73 Å². The summed E-state index contributed by atoms with van der Waals surface area (Å²) >= 11 is 3.47. The molecule has 2 N–H and O–H groups in total. The first-order valence-electron chi connectivity index (χ1n) is 5.66. The topological polar surface area (TPSA) is 55.0 Å². The van der Waals surface area contributed by atoms with Gasteiger partial charge in [0.25, 0.3) is 0 Å².